The van der Waals surface area contributed by atoms with E-state index in [0.717, 1.165) is 48.1 Å². The fraction of sp³-hybridized carbons (Fsp3) is 0.381. The third-order valence-electron chi connectivity index (χ3n) is 4.53. The van der Waals surface area contributed by atoms with Crippen molar-refractivity contribution in [1.29, 1.82) is 0 Å². The van der Waals surface area contributed by atoms with Crippen molar-refractivity contribution in [3.63, 3.8) is 0 Å². The standard InChI is InChI=1S/C19H20N4O2S.C2H6/c24-14-5-3-13(4-6-14)7-9-20-19-21-15-8-12-26-17(15)16(22-19)18(25)23-10-1-2-11-23;1-2/h3-6,8,12,24H,1-2,7,9-11H2,(H,20,21,22);1-2H3. The molecule has 3 heterocycles. The van der Waals surface area contributed by atoms with Crippen LogP contribution < -0.4 is 5.32 Å². The summed E-state index contributed by atoms with van der Waals surface area (Å²) in [5.74, 6) is 0.745. The second-order valence-electron chi connectivity index (χ2n) is 6.37. The average molecular weight is 399 g/mol. The molecule has 148 valence electrons. The lowest BCUT2D eigenvalue weighted by Gasteiger charge is -2.15. The molecular formula is C21H26N4O2S. The van der Waals surface area contributed by atoms with Gasteiger partial charge in [0.15, 0.2) is 5.69 Å². The number of fused-ring (bicyclic) bond motifs is 1. The number of phenols is 1. The Bertz CT molecular complexity index is 918. The van der Waals surface area contributed by atoms with Gasteiger partial charge in [-0.1, -0.05) is 26.0 Å². The van der Waals surface area contributed by atoms with E-state index in [1.54, 1.807) is 12.1 Å². The van der Waals surface area contributed by atoms with Gasteiger partial charge < -0.3 is 15.3 Å². The Morgan fingerprint density at radius 1 is 1.14 bits per heavy atom. The summed E-state index contributed by atoms with van der Waals surface area (Å²) < 4.78 is 0.853. The smallest absolute Gasteiger partial charge is 0.274 e. The number of carbonyl (C=O) groups excluding carboxylic acids is 1. The lowest BCUT2D eigenvalue weighted by atomic mass is 10.1. The fourth-order valence-electron chi connectivity index (χ4n) is 3.14. The zero-order valence-electron chi connectivity index (χ0n) is 16.3. The number of phenolic OH excluding ortho intramolecular Hbond substituents is 1. The zero-order valence-corrected chi connectivity index (χ0v) is 17.1. The number of benzene rings is 1. The molecule has 0 atom stereocenters. The quantitative estimate of drug-likeness (QED) is 0.669. The van der Waals surface area contributed by atoms with E-state index >= 15 is 0 Å². The van der Waals surface area contributed by atoms with E-state index in [9.17, 15) is 9.90 Å². The van der Waals surface area contributed by atoms with Gasteiger partial charge in [-0.2, -0.15) is 0 Å². The SMILES string of the molecule is CC.O=C(c1nc(NCCc2ccc(O)cc2)nc2ccsc12)N1CCCC1. The maximum absolute atomic E-state index is 12.8. The van der Waals surface area contributed by atoms with Crippen LogP contribution in [0.4, 0.5) is 5.95 Å². The summed E-state index contributed by atoms with van der Waals surface area (Å²) in [6.45, 7) is 6.26. The molecule has 0 aliphatic carbocycles. The minimum atomic E-state index is -0.000986. The first kappa shape index (κ1) is 20.1. The summed E-state index contributed by atoms with van der Waals surface area (Å²) in [5.41, 5.74) is 2.42. The number of thiophene rings is 1. The molecule has 7 heteroatoms. The number of nitrogens with one attached hydrogen (secondary N) is 1. The van der Waals surface area contributed by atoms with Crippen LogP contribution in [0.15, 0.2) is 35.7 Å². The highest BCUT2D eigenvalue weighted by Gasteiger charge is 2.24. The third-order valence-corrected chi connectivity index (χ3v) is 5.44. The van der Waals surface area contributed by atoms with Crippen LogP contribution in [0.2, 0.25) is 0 Å². The van der Waals surface area contributed by atoms with Gasteiger partial charge in [-0.25, -0.2) is 9.97 Å². The molecule has 2 aromatic heterocycles. The number of amides is 1. The van der Waals surface area contributed by atoms with Crippen LogP contribution in [-0.2, 0) is 6.42 Å². The fourth-order valence-corrected chi connectivity index (χ4v) is 3.95. The van der Waals surface area contributed by atoms with E-state index in [1.165, 1.54) is 11.3 Å². The highest BCUT2D eigenvalue weighted by Crippen LogP contribution is 2.25. The highest BCUT2D eigenvalue weighted by atomic mass is 32.1. The normalized spacial score (nSPS) is 13.3. The van der Waals surface area contributed by atoms with Crippen molar-refractivity contribution in [3.05, 3.63) is 47.0 Å². The van der Waals surface area contributed by atoms with Gasteiger partial charge in [-0.05, 0) is 48.4 Å². The predicted molar refractivity (Wildman–Crippen MR) is 114 cm³/mol. The van der Waals surface area contributed by atoms with Crippen molar-refractivity contribution in [2.75, 3.05) is 25.0 Å². The summed E-state index contributed by atoms with van der Waals surface area (Å²) in [7, 11) is 0. The van der Waals surface area contributed by atoms with Crippen LogP contribution in [0.5, 0.6) is 5.75 Å². The number of rotatable bonds is 5. The molecule has 3 aromatic rings. The van der Waals surface area contributed by atoms with E-state index < -0.39 is 0 Å². The molecule has 6 nitrogen and oxygen atoms in total. The zero-order chi connectivity index (χ0) is 19.9. The number of aromatic nitrogens is 2. The Balaban J connectivity index is 0.00000109. The number of nitrogens with zero attached hydrogens (tertiary/aromatic N) is 3. The van der Waals surface area contributed by atoms with Crippen LogP contribution in [-0.4, -0.2) is 45.5 Å². The van der Waals surface area contributed by atoms with Crippen LogP contribution in [0.25, 0.3) is 10.2 Å². The predicted octanol–water partition coefficient (Wildman–Crippen LogP) is 4.31. The summed E-state index contributed by atoms with van der Waals surface area (Å²) >= 11 is 1.51. The molecule has 1 fully saturated rings. The molecule has 1 aliphatic rings. The van der Waals surface area contributed by atoms with Crippen LogP contribution in [0, 0.1) is 0 Å². The minimum absolute atomic E-state index is 0.000986. The monoisotopic (exact) mass is 398 g/mol. The van der Waals surface area contributed by atoms with Crippen LogP contribution in [0.1, 0.15) is 42.7 Å². The van der Waals surface area contributed by atoms with Crippen molar-refractivity contribution in [3.8, 4) is 5.75 Å². The largest absolute Gasteiger partial charge is 0.508 e. The molecule has 1 aliphatic heterocycles. The van der Waals surface area contributed by atoms with E-state index in [2.05, 4.69) is 15.3 Å². The molecule has 0 spiro atoms. The first-order chi connectivity index (χ1) is 13.7. The van der Waals surface area contributed by atoms with Gasteiger partial charge in [0.25, 0.3) is 5.91 Å². The van der Waals surface area contributed by atoms with E-state index in [0.29, 0.717) is 18.2 Å². The van der Waals surface area contributed by atoms with Gasteiger partial charge in [0, 0.05) is 19.6 Å². The Morgan fingerprint density at radius 3 is 2.57 bits per heavy atom. The topological polar surface area (TPSA) is 78.3 Å². The summed E-state index contributed by atoms with van der Waals surface area (Å²) in [6.07, 6.45) is 2.89. The maximum atomic E-state index is 12.8. The number of anilines is 1. The Labute approximate surface area is 169 Å². The van der Waals surface area contributed by atoms with Gasteiger partial charge >= 0.3 is 0 Å². The summed E-state index contributed by atoms with van der Waals surface area (Å²) in [6, 6.07) is 9.06. The Kier molecular flexibility index (Phi) is 6.81. The maximum Gasteiger partial charge on any atom is 0.274 e. The molecule has 28 heavy (non-hydrogen) atoms. The number of hydrogen-bond donors (Lipinski definition) is 2. The lowest BCUT2D eigenvalue weighted by Crippen LogP contribution is -2.28. The van der Waals surface area contributed by atoms with Crippen LogP contribution in [0.3, 0.4) is 0 Å². The summed E-state index contributed by atoms with van der Waals surface area (Å²) in [5, 5.41) is 14.5. The Morgan fingerprint density at radius 2 is 1.86 bits per heavy atom. The summed E-state index contributed by atoms with van der Waals surface area (Å²) in [4.78, 5) is 23.8. The second kappa shape index (κ2) is 9.50. The second-order valence-corrected chi connectivity index (χ2v) is 7.29. The van der Waals surface area contributed by atoms with E-state index in [-0.39, 0.29) is 11.7 Å². The lowest BCUT2D eigenvalue weighted by molar-refractivity contribution is 0.0789. The van der Waals surface area contributed by atoms with Crippen molar-refractivity contribution >= 4 is 33.4 Å². The first-order valence-corrected chi connectivity index (χ1v) is 10.6. The average Bonchev–Trinajstić information content (AvgIpc) is 3.42. The number of carbonyl (C=O) groups is 1. The van der Waals surface area contributed by atoms with Gasteiger partial charge in [0.05, 0.1) is 10.2 Å². The van der Waals surface area contributed by atoms with Crippen molar-refractivity contribution in [2.24, 2.45) is 0 Å². The van der Waals surface area contributed by atoms with Crippen molar-refractivity contribution in [1.82, 2.24) is 14.9 Å². The number of aromatic hydroxyl groups is 1. The van der Waals surface area contributed by atoms with E-state index in [4.69, 9.17) is 0 Å². The van der Waals surface area contributed by atoms with Gasteiger partial charge in [0.1, 0.15) is 5.75 Å². The van der Waals surface area contributed by atoms with Gasteiger partial charge in [-0.3, -0.25) is 4.79 Å². The first-order valence-electron chi connectivity index (χ1n) is 9.77. The van der Waals surface area contributed by atoms with E-state index in [1.807, 2.05) is 42.3 Å². The minimum Gasteiger partial charge on any atom is -0.508 e. The third kappa shape index (κ3) is 4.59. The molecule has 1 amide bonds. The Hall–Kier alpha value is -2.67. The van der Waals surface area contributed by atoms with Crippen molar-refractivity contribution < 1.29 is 9.90 Å². The number of hydrogen-bond acceptors (Lipinski definition) is 6. The van der Waals surface area contributed by atoms with Gasteiger partial charge in [0.2, 0.25) is 5.95 Å². The number of likely N-dealkylation sites (tertiary alicyclic amines) is 1. The van der Waals surface area contributed by atoms with Crippen LogP contribution >= 0.6 is 11.3 Å². The molecule has 2 N–H and O–H groups in total. The molecule has 1 saturated heterocycles. The molecule has 0 bridgehead atoms. The molecule has 0 radical (unpaired) electrons. The van der Waals surface area contributed by atoms with Gasteiger partial charge in [-0.15, -0.1) is 11.3 Å². The molecule has 1 aromatic carbocycles. The highest BCUT2D eigenvalue weighted by molar-refractivity contribution is 7.17. The molecule has 0 saturated carbocycles. The van der Waals surface area contributed by atoms with Crippen molar-refractivity contribution in [2.45, 2.75) is 33.1 Å². The molecular weight excluding hydrogens is 372 g/mol. The molecule has 4 rings (SSSR count). The molecule has 0 unspecified atom stereocenters.